The van der Waals surface area contributed by atoms with Gasteiger partial charge in [-0.3, -0.25) is 0 Å². The monoisotopic (exact) mass is 533 g/mol. The standard InChI is InChI=1S/C27H25Cl2N7O/c1-17-5-7-18(8-6-17)16-36-26-23(15-32-36)33-25(35-26)19-9-11-20(12-10-19)30-13-14-31-27(37)34-24-21(28)3-2-4-22(24)29/h2-12,15,30H,13-14,16H2,1H3,(H,33,35)(H2,31,34,37). The van der Waals surface area contributed by atoms with E-state index in [2.05, 4.69) is 57.2 Å². The second-order valence-corrected chi connectivity index (χ2v) is 9.40. The fraction of sp³-hybridized carbons (Fsp3) is 0.148. The van der Waals surface area contributed by atoms with Crippen molar-refractivity contribution in [1.82, 2.24) is 25.1 Å². The molecule has 0 fully saturated rings. The maximum Gasteiger partial charge on any atom is 0.319 e. The van der Waals surface area contributed by atoms with Gasteiger partial charge < -0.3 is 20.9 Å². The third-order valence-corrected chi connectivity index (χ3v) is 6.47. The normalized spacial score (nSPS) is 11.0. The Morgan fingerprint density at radius 3 is 2.43 bits per heavy atom. The van der Waals surface area contributed by atoms with Crippen LogP contribution >= 0.6 is 23.2 Å². The van der Waals surface area contributed by atoms with Crippen molar-refractivity contribution < 1.29 is 4.79 Å². The lowest BCUT2D eigenvalue weighted by Crippen LogP contribution is -2.32. The minimum Gasteiger partial charge on any atom is -0.383 e. The number of nitrogens with one attached hydrogen (secondary N) is 4. The van der Waals surface area contributed by atoms with Gasteiger partial charge in [0.05, 0.1) is 28.5 Å². The SMILES string of the molecule is Cc1ccc(Cn2ncc3nc(-c4ccc(NCCNC(=O)Nc5c(Cl)cccc5Cl)cc4)[nH]c32)cc1. The Labute approximate surface area is 224 Å². The lowest BCUT2D eigenvalue weighted by molar-refractivity contribution is 0.252. The third-order valence-electron chi connectivity index (χ3n) is 5.84. The van der Waals surface area contributed by atoms with Crippen LogP contribution in [0.15, 0.2) is 72.9 Å². The number of hydrogen-bond acceptors (Lipinski definition) is 4. The van der Waals surface area contributed by atoms with E-state index in [1.807, 2.05) is 28.9 Å². The molecule has 0 bridgehead atoms. The van der Waals surface area contributed by atoms with Crippen LogP contribution in [-0.4, -0.2) is 38.9 Å². The maximum atomic E-state index is 12.1. The van der Waals surface area contributed by atoms with E-state index in [4.69, 9.17) is 28.2 Å². The first kappa shape index (κ1) is 24.7. The van der Waals surface area contributed by atoms with Crippen molar-refractivity contribution in [3.05, 3.63) is 94.1 Å². The van der Waals surface area contributed by atoms with E-state index in [1.165, 1.54) is 11.1 Å². The molecule has 2 aromatic heterocycles. The number of aryl methyl sites for hydroxylation is 1. The number of imidazole rings is 1. The molecule has 2 heterocycles. The molecule has 3 aromatic carbocycles. The molecule has 0 spiro atoms. The van der Waals surface area contributed by atoms with Gasteiger partial charge in [0.15, 0.2) is 5.65 Å². The summed E-state index contributed by atoms with van der Waals surface area (Å²) < 4.78 is 1.93. The minimum absolute atomic E-state index is 0.377. The molecule has 5 aromatic rings. The zero-order chi connectivity index (χ0) is 25.8. The predicted molar refractivity (Wildman–Crippen MR) is 150 cm³/mol. The number of para-hydroxylation sites is 1. The van der Waals surface area contributed by atoms with Gasteiger partial charge in [-0.15, -0.1) is 0 Å². The van der Waals surface area contributed by atoms with Crippen molar-refractivity contribution >= 4 is 51.8 Å². The summed E-state index contributed by atoms with van der Waals surface area (Å²) in [6.07, 6.45) is 1.78. The quantitative estimate of drug-likeness (QED) is 0.175. The van der Waals surface area contributed by atoms with E-state index >= 15 is 0 Å². The number of nitrogens with zero attached hydrogens (tertiary/aromatic N) is 3. The molecule has 8 nitrogen and oxygen atoms in total. The van der Waals surface area contributed by atoms with Gasteiger partial charge in [0.25, 0.3) is 0 Å². The lowest BCUT2D eigenvalue weighted by Gasteiger charge is -2.11. The molecule has 0 unspecified atom stereocenters. The van der Waals surface area contributed by atoms with Crippen LogP contribution in [0, 0.1) is 6.92 Å². The minimum atomic E-state index is -0.377. The Balaban J connectivity index is 1.14. The molecule has 4 N–H and O–H groups in total. The molecule has 0 atom stereocenters. The van der Waals surface area contributed by atoms with Gasteiger partial charge in [0.2, 0.25) is 0 Å². The summed E-state index contributed by atoms with van der Waals surface area (Å²) in [7, 11) is 0. The summed E-state index contributed by atoms with van der Waals surface area (Å²) in [6, 6.07) is 21.1. The van der Waals surface area contributed by atoms with Crippen molar-refractivity contribution in [1.29, 1.82) is 0 Å². The summed E-state index contributed by atoms with van der Waals surface area (Å²) >= 11 is 12.2. The van der Waals surface area contributed by atoms with E-state index in [9.17, 15) is 4.79 Å². The van der Waals surface area contributed by atoms with Crippen LogP contribution in [0.25, 0.3) is 22.6 Å². The predicted octanol–water partition coefficient (Wildman–Crippen LogP) is 6.32. The molecule has 0 aliphatic carbocycles. The number of fused-ring (bicyclic) bond motifs is 1. The van der Waals surface area contributed by atoms with Gasteiger partial charge in [-0.05, 0) is 48.9 Å². The molecule has 5 rings (SSSR count). The number of aromatic nitrogens is 4. The van der Waals surface area contributed by atoms with Crippen molar-refractivity contribution in [2.24, 2.45) is 0 Å². The van der Waals surface area contributed by atoms with E-state index in [1.54, 1.807) is 24.4 Å². The molecule has 37 heavy (non-hydrogen) atoms. The summed E-state index contributed by atoms with van der Waals surface area (Å²) in [5, 5.41) is 14.0. The number of carbonyl (C=O) groups excluding carboxylic acids is 1. The van der Waals surface area contributed by atoms with E-state index in [-0.39, 0.29) is 6.03 Å². The highest BCUT2D eigenvalue weighted by atomic mass is 35.5. The second-order valence-electron chi connectivity index (χ2n) is 8.59. The van der Waals surface area contributed by atoms with Gasteiger partial charge in [0, 0.05) is 24.3 Å². The molecular formula is C27H25Cl2N7O. The van der Waals surface area contributed by atoms with Crippen molar-refractivity contribution in [3.8, 4) is 11.4 Å². The van der Waals surface area contributed by atoms with Crippen LogP contribution in [0.5, 0.6) is 0 Å². The fourth-order valence-corrected chi connectivity index (χ4v) is 4.37. The number of rotatable bonds is 8. The Bertz CT molecular complexity index is 1500. The number of carbonyl (C=O) groups is 1. The summed E-state index contributed by atoms with van der Waals surface area (Å²) in [5.74, 6) is 0.785. The molecule has 2 amide bonds. The molecular weight excluding hydrogens is 509 g/mol. The number of urea groups is 1. The second kappa shape index (κ2) is 10.9. The van der Waals surface area contributed by atoms with Crippen LogP contribution < -0.4 is 16.0 Å². The molecule has 0 radical (unpaired) electrons. The van der Waals surface area contributed by atoms with E-state index in [0.717, 1.165) is 28.2 Å². The van der Waals surface area contributed by atoms with Crippen LogP contribution in [0.4, 0.5) is 16.2 Å². The smallest absolute Gasteiger partial charge is 0.319 e. The van der Waals surface area contributed by atoms with Crippen molar-refractivity contribution in [2.45, 2.75) is 13.5 Å². The third kappa shape index (κ3) is 5.87. The van der Waals surface area contributed by atoms with E-state index in [0.29, 0.717) is 35.4 Å². The van der Waals surface area contributed by atoms with Crippen molar-refractivity contribution in [3.63, 3.8) is 0 Å². The van der Waals surface area contributed by atoms with Crippen LogP contribution in [0.3, 0.4) is 0 Å². The van der Waals surface area contributed by atoms with Crippen LogP contribution in [-0.2, 0) is 6.54 Å². The molecule has 10 heteroatoms. The molecule has 0 aliphatic heterocycles. The Morgan fingerprint density at radius 2 is 1.70 bits per heavy atom. The van der Waals surface area contributed by atoms with Gasteiger partial charge in [0.1, 0.15) is 11.3 Å². The first-order valence-electron chi connectivity index (χ1n) is 11.8. The van der Waals surface area contributed by atoms with Gasteiger partial charge in [-0.1, -0.05) is 59.1 Å². The zero-order valence-corrected chi connectivity index (χ0v) is 21.6. The first-order valence-corrected chi connectivity index (χ1v) is 12.5. The molecule has 188 valence electrons. The molecule has 0 aliphatic rings. The average molecular weight is 534 g/mol. The highest BCUT2D eigenvalue weighted by molar-refractivity contribution is 6.39. The largest absolute Gasteiger partial charge is 0.383 e. The fourth-order valence-electron chi connectivity index (χ4n) is 3.87. The van der Waals surface area contributed by atoms with Gasteiger partial charge in [-0.2, -0.15) is 5.10 Å². The van der Waals surface area contributed by atoms with Gasteiger partial charge >= 0.3 is 6.03 Å². The number of anilines is 2. The average Bonchev–Trinajstić information content (AvgIpc) is 3.48. The zero-order valence-electron chi connectivity index (χ0n) is 20.1. The Kier molecular flexibility index (Phi) is 7.30. The lowest BCUT2D eigenvalue weighted by atomic mass is 10.1. The maximum absolute atomic E-state index is 12.1. The first-order chi connectivity index (χ1) is 18.0. The van der Waals surface area contributed by atoms with Gasteiger partial charge in [-0.25, -0.2) is 14.5 Å². The number of aromatic amines is 1. The highest BCUT2D eigenvalue weighted by Crippen LogP contribution is 2.29. The van der Waals surface area contributed by atoms with Crippen LogP contribution in [0.2, 0.25) is 10.0 Å². The van der Waals surface area contributed by atoms with Crippen LogP contribution in [0.1, 0.15) is 11.1 Å². The Morgan fingerprint density at radius 1 is 0.973 bits per heavy atom. The Hall–Kier alpha value is -4.01. The van der Waals surface area contributed by atoms with Crippen molar-refractivity contribution in [2.75, 3.05) is 23.7 Å². The number of hydrogen-bond donors (Lipinski definition) is 4. The van der Waals surface area contributed by atoms with E-state index < -0.39 is 0 Å². The topological polar surface area (TPSA) is 99.7 Å². The molecule has 0 saturated carbocycles. The number of H-pyrrole nitrogens is 1. The highest BCUT2D eigenvalue weighted by Gasteiger charge is 2.12. The number of amides is 2. The summed E-state index contributed by atoms with van der Waals surface area (Å²) in [4.78, 5) is 20.2. The summed E-state index contributed by atoms with van der Waals surface area (Å²) in [5.41, 5.74) is 6.42. The molecule has 0 saturated heterocycles. The number of benzene rings is 3. The summed E-state index contributed by atoms with van der Waals surface area (Å²) in [6.45, 7) is 3.71. The number of halogens is 2.